The second-order valence-electron chi connectivity index (χ2n) is 3.50. The van der Waals surface area contributed by atoms with Crippen LogP contribution in [-0.4, -0.2) is 40.0 Å². The molecule has 0 radical (unpaired) electrons. The Kier molecular flexibility index (Phi) is 3.97. The normalized spacial score (nSPS) is 11.7. The highest BCUT2D eigenvalue weighted by molar-refractivity contribution is 5.95. The summed E-state index contributed by atoms with van der Waals surface area (Å²) in [6.45, 7) is 3.10. The molecule has 0 spiro atoms. The van der Waals surface area contributed by atoms with E-state index in [4.69, 9.17) is 5.11 Å². The zero-order valence-electron chi connectivity index (χ0n) is 9.81. The minimum Gasteiger partial charge on any atom is -0.480 e. The van der Waals surface area contributed by atoms with Crippen molar-refractivity contribution in [2.75, 3.05) is 12.4 Å². The summed E-state index contributed by atoms with van der Waals surface area (Å²) in [6.07, 6.45) is 0. The van der Waals surface area contributed by atoms with E-state index in [1.807, 2.05) is 0 Å². The van der Waals surface area contributed by atoms with Crippen LogP contribution in [0, 0.1) is 6.92 Å². The van der Waals surface area contributed by atoms with Crippen LogP contribution >= 0.6 is 0 Å². The predicted molar refractivity (Wildman–Crippen MR) is 60.9 cm³/mol. The Morgan fingerprint density at radius 1 is 1.41 bits per heavy atom. The Balaban J connectivity index is 2.88. The molecule has 1 rings (SSSR count). The number of nitrogens with one attached hydrogen (secondary N) is 2. The summed E-state index contributed by atoms with van der Waals surface area (Å²) in [5.41, 5.74) is 0.757. The number of carboxylic acids is 1. The molecular weight excluding hydrogens is 224 g/mol. The monoisotopic (exact) mass is 238 g/mol. The van der Waals surface area contributed by atoms with Crippen LogP contribution in [-0.2, 0) is 4.79 Å². The van der Waals surface area contributed by atoms with Gasteiger partial charge in [-0.05, 0) is 19.9 Å². The second-order valence-corrected chi connectivity index (χ2v) is 3.50. The van der Waals surface area contributed by atoms with E-state index >= 15 is 0 Å². The number of carbonyl (C=O) groups excluding carboxylic acids is 1. The minimum atomic E-state index is -1.10. The summed E-state index contributed by atoms with van der Waals surface area (Å²) in [4.78, 5) is 30.3. The van der Waals surface area contributed by atoms with Gasteiger partial charge in [0.15, 0.2) is 0 Å². The fourth-order valence-electron chi connectivity index (χ4n) is 1.13. The van der Waals surface area contributed by atoms with Gasteiger partial charge in [0.2, 0.25) is 5.95 Å². The molecule has 17 heavy (non-hydrogen) atoms. The molecule has 0 aliphatic rings. The summed E-state index contributed by atoms with van der Waals surface area (Å²) in [6, 6.07) is 0.529. The molecule has 1 aromatic rings. The average molecular weight is 238 g/mol. The fourth-order valence-corrected chi connectivity index (χ4v) is 1.13. The molecule has 1 amide bonds. The first-order valence-electron chi connectivity index (χ1n) is 5.01. The highest BCUT2D eigenvalue weighted by Gasteiger charge is 2.17. The van der Waals surface area contributed by atoms with E-state index in [2.05, 4.69) is 20.6 Å². The average Bonchev–Trinajstić information content (AvgIpc) is 2.27. The van der Waals surface area contributed by atoms with Gasteiger partial charge in [-0.15, -0.1) is 0 Å². The van der Waals surface area contributed by atoms with Gasteiger partial charge in [-0.3, -0.25) is 9.59 Å². The second kappa shape index (κ2) is 5.24. The first-order chi connectivity index (χ1) is 7.93. The molecule has 0 bridgehead atoms. The molecule has 1 aromatic heterocycles. The number of aliphatic carboxylic acids is 1. The maximum atomic E-state index is 11.7. The molecule has 0 fully saturated rings. The Morgan fingerprint density at radius 3 is 2.59 bits per heavy atom. The van der Waals surface area contributed by atoms with E-state index in [0.29, 0.717) is 11.6 Å². The summed E-state index contributed by atoms with van der Waals surface area (Å²) < 4.78 is 0. The van der Waals surface area contributed by atoms with Crippen molar-refractivity contribution in [2.24, 2.45) is 0 Å². The summed E-state index contributed by atoms with van der Waals surface area (Å²) >= 11 is 0. The van der Waals surface area contributed by atoms with Crippen molar-refractivity contribution in [1.29, 1.82) is 0 Å². The van der Waals surface area contributed by atoms with Gasteiger partial charge >= 0.3 is 5.97 Å². The lowest BCUT2D eigenvalue weighted by molar-refractivity contribution is -0.138. The Hall–Kier alpha value is -2.18. The molecule has 0 aliphatic carbocycles. The zero-order valence-corrected chi connectivity index (χ0v) is 9.81. The van der Waals surface area contributed by atoms with Crippen LogP contribution in [0.15, 0.2) is 6.07 Å². The first kappa shape index (κ1) is 12.9. The highest BCUT2D eigenvalue weighted by atomic mass is 16.4. The van der Waals surface area contributed by atoms with E-state index < -0.39 is 17.9 Å². The largest absolute Gasteiger partial charge is 0.480 e. The lowest BCUT2D eigenvalue weighted by atomic mass is 10.3. The molecule has 3 N–H and O–H groups in total. The molecule has 0 unspecified atom stereocenters. The van der Waals surface area contributed by atoms with E-state index in [-0.39, 0.29) is 5.69 Å². The lowest BCUT2D eigenvalue weighted by Gasteiger charge is -2.09. The number of amides is 1. The van der Waals surface area contributed by atoms with E-state index in [0.717, 1.165) is 0 Å². The van der Waals surface area contributed by atoms with Gasteiger partial charge in [-0.1, -0.05) is 0 Å². The number of carbonyl (C=O) groups is 2. The molecule has 7 nitrogen and oxygen atoms in total. The van der Waals surface area contributed by atoms with E-state index in [1.165, 1.54) is 13.0 Å². The van der Waals surface area contributed by atoms with Crippen molar-refractivity contribution in [3.05, 3.63) is 17.5 Å². The summed E-state index contributed by atoms with van der Waals surface area (Å²) in [5, 5.41) is 13.7. The van der Waals surface area contributed by atoms with Crippen molar-refractivity contribution in [2.45, 2.75) is 19.9 Å². The standard InChI is InChI=1S/C10H14N4O3/c1-5-4-7(14-10(11-3)12-5)8(15)13-6(2)9(16)17/h4,6H,1-3H3,(H,13,15)(H,16,17)(H,11,12,14)/t6-/m0/s1. The number of anilines is 1. The number of carboxylic acid groups (broad SMARTS) is 1. The fraction of sp³-hybridized carbons (Fsp3) is 0.400. The van der Waals surface area contributed by atoms with Crippen LogP contribution in [0.2, 0.25) is 0 Å². The van der Waals surface area contributed by atoms with Crippen molar-refractivity contribution in [3.8, 4) is 0 Å². The minimum absolute atomic E-state index is 0.134. The SMILES string of the molecule is CNc1nc(C)cc(C(=O)N[C@@H](C)C(=O)O)n1. The quantitative estimate of drug-likeness (QED) is 0.683. The third-order valence-corrected chi connectivity index (χ3v) is 2.03. The van der Waals surface area contributed by atoms with Crippen LogP contribution in [0.1, 0.15) is 23.1 Å². The third-order valence-electron chi connectivity index (χ3n) is 2.03. The van der Waals surface area contributed by atoms with Crippen molar-refractivity contribution in [3.63, 3.8) is 0 Å². The number of hydrogen-bond donors (Lipinski definition) is 3. The maximum Gasteiger partial charge on any atom is 0.325 e. The highest BCUT2D eigenvalue weighted by Crippen LogP contribution is 2.04. The predicted octanol–water partition coefficient (Wildman–Crippen LogP) is 0.0296. The Labute approximate surface area is 98.3 Å². The summed E-state index contributed by atoms with van der Waals surface area (Å²) in [5.74, 6) is -1.32. The number of hydrogen-bond acceptors (Lipinski definition) is 5. The van der Waals surface area contributed by atoms with Crippen molar-refractivity contribution < 1.29 is 14.7 Å². The van der Waals surface area contributed by atoms with Crippen LogP contribution in [0.25, 0.3) is 0 Å². The van der Waals surface area contributed by atoms with Crippen LogP contribution < -0.4 is 10.6 Å². The lowest BCUT2D eigenvalue weighted by Crippen LogP contribution is -2.38. The van der Waals surface area contributed by atoms with Crippen LogP contribution in [0.4, 0.5) is 5.95 Å². The van der Waals surface area contributed by atoms with Gasteiger partial charge in [0.25, 0.3) is 5.91 Å². The molecule has 0 saturated carbocycles. The van der Waals surface area contributed by atoms with Crippen molar-refractivity contribution in [1.82, 2.24) is 15.3 Å². The van der Waals surface area contributed by atoms with Gasteiger partial charge in [0.05, 0.1) is 0 Å². The molecule has 1 atom stereocenters. The Bertz CT molecular complexity index is 447. The molecule has 0 aromatic carbocycles. The van der Waals surface area contributed by atoms with Crippen molar-refractivity contribution >= 4 is 17.8 Å². The van der Waals surface area contributed by atoms with Gasteiger partial charge in [-0.25, -0.2) is 9.97 Å². The smallest absolute Gasteiger partial charge is 0.325 e. The zero-order chi connectivity index (χ0) is 13.0. The van der Waals surface area contributed by atoms with E-state index in [1.54, 1.807) is 14.0 Å². The molecule has 7 heteroatoms. The maximum absolute atomic E-state index is 11.7. The molecular formula is C10H14N4O3. The molecule has 0 aliphatic heterocycles. The summed E-state index contributed by atoms with van der Waals surface area (Å²) in [7, 11) is 1.64. The van der Waals surface area contributed by atoms with Gasteiger partial charge < -0.3 is 15.7 Å². The number of aryl methyl sites for hydroxylation is 1. The van der Waals surface area contributed by atoms with Gasteiger partial charge in [0, 0.05) is 12.7 Å². The van der Waals surface area contributed by atoms with Gasteiger partial charge in [-0.2, -0.15) is 0 Å². The number of rotatable bonds is 4. The first-order valence-corrected chi connectivity index (χ1v) is 5.01. The molecule has 0 saturated heterocycles. The third kappa shape index (κ3) is 3.40. The molecule has 1 heterocycles. The van der Waals surface area contributed by atoms with E-state index in [9.17, 15) is 9.59 Å². The van der Waals surface area contributed by atoms with Gasteiger partial charge in [0.1, 0.15) is 11.7 Å². The molecule has 92 valence electrons. The number of aromatic nitrogens is 2. The van der Waals surface area contributed by atoms with Crippen LogP contribution in [0.3, 0.4) is 0 Å². The topological polar surface area (TPSA) is 104 Å². The van der Waals surface area contributed by atoms with Crippen LogP contribution in [0.5, 0.6) is 0 Å². The number of nitrogens with zero attached hydrogens (tertiary/aromatic N) is 2. The Morgan fingerprint density at radius 2 is 2.06 bits per heavy atom.